The van der Waals surface area contributed by atoms with E-state index in [0.29, 0.717) is 34.6 Å². The summed E-state index contributed by atoms with van der Waals surface area (Å²) >= 11 is 13.0. The van der Waals surface area contributed by atoms with Crippen molar-refractivity contribution in [2.45, 2.75) is 75.8 Å². The van der Waals surface area contributed by atoms with E-state index in [-0.39, 0.29) is 28.8 Å². The Kier molecular flexibility index (Phi) is 10.6. The number of carboxylic acids is 1. The van der Waals surface area contributed by atoms with Crippen LogP contribution in [0.5, 0.6) is 5.75 Å². The number of oxime groups is 1. The Morgan fingerprint density at radius 1 is 1.02 bits per heavy atom. The van der Waals surface area contributed by atoms with Crippen molar-refractivity contribution < 1.29 is 37.8 Å². The summed E-state index contributed by atoms with van der Waals surface area (Å²) in [5, 5.41) is 30.1. The highest BCUT2D eigenvalue weighted by atomic mass is 35.5. The van der Waals surface area contributed by atoms with E-state index >= 15 is 0 Å². The highest BCUT2D eigenvalue weighted by Gasteiger charge is 2.47. The van der Waals surface area contributed by atoms with Gasteiger partial charge in [-0.1, -0.05) is 72.4 Å². The summed E-state index contributed by atoms with van der Waals surface area (Å²) in [6.07, 6.45) is 3.57. The van der Waals surface area contributed by atoms with E-state index in [1.54, 1.807) is 65.6 Å². The van der Waals surface area contributed by atoms with Crippen LogP contribution in [0.4, 0.5) is 0 Å². The van der Waals surface area contributed by atoms with Crippen LogP contribution in [-0.4, -0.2) is 55.0 Å². The fourth-order valence-corrected chi connectivity index (χ4v) is 7.72. The molecule has 256 valence electrons. The highest BCUT2D eigenvalue weighted by Crippen LogP contribution is 2.47. The zero-order valence-corrected chi connectivity index (χ0v) is 28.8. The highest BCUT2D eigenvalue weighted by molar-refractivity contribution is 7.88. The second kappa shape index (κ2) is 14.3. The number of sulfonamides is 1. The molecule has 0 aromatic heterocycles. The van der Waals surface area contributed by atoms with Gasteiger partial charge in [-0.3, -0.25) is 4.79 Å². The van der Waals surface area contributed by atoms with Crippen LogP contribution in [0.15, 0.2) is 71.9 Å². The Bertz CT molecular complexity index is 1830. The zero-order valence-electron chi connectivity index (χ0n) is 26.5. The second-order valence-electron chi connectivity index (χ2n) is 12.5. The van der Waals surface area contributed by atoms with Gasteiger partial charge in [0.2, 0.25) is 10.0 Å². The molecule has 3 aromatic carbocycles. The minimum absolute atomic E-state index is 0.152. The predicted octanol–water partition coefficient (Wildman–Crippen LogP) is 3.93. The molecule has 1 N–H and O–H groups in total. The molecule has 14 heteroatoms. The number of carboxylic acid groups (broad SMARTS) is 1. The molecule has 11 nitrogen and oxygen atoms in total. The molecule has 3 aromatic rings. The number of aliphatic carboxylic acids is 1. The van der Waals surface area contributed by atoms with Crippen molar-refractivity contribution in [1.82, 2.24) is 9.62 Å². The lowest BCUT2D eigenvalue weighted by Gasteiger charge is -2.50. The van der Waals surface area contributed by atoms with Crippen LogP contribution in [0.25, 0.3) is 0 Å². The Morgan fingerprint density at radius 2 is 1.75 bits per heavy atom. The van der Waals surface area contributed by atoms with Crippen molar-refractivity contribution in [3.63, 3.8) is 0 Å². The predicted molar refractivity (Wildman–Crippen MR) is 177 cm³/mol. The Morgan fingerprint density at radius 3 is 2.46 bits per heavy atom. The van der Waals surface area contributed by atoms with E-state index in [1.165, 1.54) is 19.9 Å². The molecule has 0 saturated heterocycles. The fourth-order valence-electron chi connectivity index (χ4n) is 6.37. The van der Waals surface area contributed by atoms with Crippen molar-refractivity contribution in [2.75, 3.05) is 6.26 Å². The molecular weight excluding hydrogens is 681 g/mol. The molecule has 0 spiro atoms. The Labute approximate surface area is 289 Å². The first-order valence-electron chi connectivity index (χ1n) is 15.4. The van der Waals surface area contributed by atoms with Gasteiger partial charge in [0, 0.05) is 39.5 Å². The minimum atomic E-state index is -3.63. The number of halogens is 2. The molecule has 0 bridgehead atoms. The first kappa shape index (κ1) is 35.5. The number of rotatable bonds is 11. The standard InChI is InChI=1S/C34H37Cl2N3O8S/c1-34(2,33(42)43)47-22-10-8-9-20(17-22)19-46-37-31(40)29-23-11-4-5-12-24(23)32(41)39(30(29)25-16-15-21(35)18-26(25)36)28-14-7-6-13-27(28)38-48(3,44)45/h4-5,8-12,15-18,27-30,38H,6-7,13-14,19H2,1-3H3,(H,37,40)(H,42,43)/p-2/t27-,28-,29+,30-/m0/s1. The summed E-state index contributed by atoms with van der Waals surface area (Å²) in [5.74, 6) is -3.25. The number of nitrogens with one attached hydrogen (secondary N) is 1. The molecule has 48 heavy (non-hydrogen) atoms. The molecule has 1 aliphatic carbocycles. The van der Waals surface area contributed by atoms with Gasteiger partial charge in [0.25, 0.3) is 5.91 Å². The van der Waals surface area contributed by atoms with Gasteiger partial charge in [0.1, 0.15) is 18.0 Å². The molecule has 5 rings (SSSR count). The first-order chi connectivity index (χ1) is 22.7. The van der Waals surface area contributed by atoms with Crippen LogP contribution in [0.3, 0.4) is 0 Å². The number of benzene rings is 3. The Hall–Kier alpha value is -3.84. The van der Waals surface area contributed by atoms with Crippen LogP contribution in [0.1, 0.15) is 78.5 Å². The average Bonchev–Trinajstić information content (AvgIpc) is 3.01. The molecule has 1 fully saturated rings. The monoisotopic (exact) mass is 715 g/mol. The van der Waals surface area contributed by atoms with Crippen molar-refractivity contribution >= 4 is 51.0 Å². The number of nitrogens with zero attached hydrogens (tertiary/aromatic N) is 2. The maximum absolute atomic E-state index is 14.4. The first-order valence-corrected chi connectivity index (χ1v) is 18.0. The van der Waals surface area contributed by atoms with Gasteiger partial charge in [-0.05, 0) is 73.7 Å². The molecule has 1 heterocycles. The SMILES string of the molecule is CC(C)(Oc1cccc(CO/N=C(/[O-])[C@@H]2c3ccccc3C(=O)N([C@H]3CCCC[C@@H]3NS(C)(=O)=O)[C@H]2c2ccc(Cl)cc2Cl)c1)C(=O)[O-]. The molecule has 0 radical (unpaired) electrons. The number of hydrogen-bond donors (Lipinski definition) is 1. The third-order valence-electron chi connectivity index (χ3n) is 8.52. The summed E-state index contributed by atoms with van der Waals surface area (Å²) in [4.78, 5) is 32.9. The van der Waals surface area contributed by atoms with Gasteiger partial charge in [0.05, 0.1) is 18.3 Å². The quantitative estimate of drug-likeness (QED) is 0.178. The summed E-state index contributed by atoms with van der Waals surface area (Å²) in [7, 11) is -3.63. The number of amides is 1. The topological polar surface area (TPSA) is 160 Å². The normalized spacial score (nSPS) is 21.8. The smallest absolute Gasteiger partial charge is 0.255 e. The Balaban J connectivity index is 1.55. The van der Waals surface area contributed by atoms with Gasteiger partial charge >= 0.3 is 0 Å². The van der Waals surface area contributed by atoms with E-state index in [2.05, 4.69) is 9.88 Å². The fraction of sp³-hybridized carbons (Fsp3) is 0.382. The molecule has 2 aliphatic rings. The average molecular weight is 717 g/mol. The lowest BCUT2D eigenvalue weighted by Crippen LogP contribution is -2.59. The number of carbonyl (C=O) groups is 2. The van der Waals surface area contributed by atoms with E-state index in [0.717, 1.165) is 19.1 Å². The van der Waals surface area contributed by atoms with Crippen LogP contribution >= 0.6 is 23.2 Å². The summed E-state index contributed by atoms with van der Waals surface area (Å²) in [6, 6.07) is 15.8. The summed E-state index contributed by atoms with van der Waals surface area (Å²) < 4.78 is 33.1. The van der Waals surface area contributed by atoms with E-state index in [1.807, 2.05) is 0 Å². The van der Waals surface area contributed by atoms with E-state index in [9.17, 15) is 28.2 Å². The largest absolute Gasteiger partial charge is 0.859 e. The van der Waals surface area contributed by atoms with Crippen molar-refractivity contribution in [2.24, 2.45) is 5.16 Å². The van der Waals surface area contributed by atoms with Gasteiger partial charge in [-0.2, -0.15) is 0 Å². The molecule has 1 amide bonds. The van der Waals surface area contributed by atoms with Crippen molar-refractivity contribution in [3.8, 4) is 5.75 Å². The molecule has 1 aliphatic heterocycles. The number of carbonyl (C=O) groups excluding carboxylic acids is 2. The molecule has 4 atom stereocenters. The number of ether oxygens (including phenoxy) is 1. The minimum Gasteiger partial charge on any atom is -0.859 e. The third-order valence-corrected chi connectivity index (χ3v) is 9.82. The van der Waals surface area contributed by atoms with Crippen LogP contribution in [0, 0.1) is 0 Å². The van der Waals surface area contributed by atoms with Crippen LogP contribution < -0.4 is 19.7 Å². The van der Waals surface area contributed by atoms with Gasteiger partial charge in [0.15, 0.2) is 0 Å². The number of fused-ring (bicyclic) bond motifs is 1. The van der Waals surface area contributed by atoms with Gasteiger partial charge in [-0.25, -0.2) is 13.1 Å². The molecular formula is C34H35Cl2N3O8S-2. The molecule has 0 unspecified atom stereocenters. The summed E-state index contributed by atoms with van der Waals surface area (Å²) in [6.45, 7) is 2.58. The lowest BCUT2D eigenvalue weighted by molar-refractivity contribution is -0.320. The second-order valence-corrected chi connectivity index (χ2v) is 15.1. The van der Waals surface area contributed by atoms with E-state index in [4.69, 9.17) is 32.8 Å². The summed E-state index contributed by atoms with van der Waals surface area (Å²) in [5.41, 5.74) is 0.130. The maximum Gasteiger partial charge on any atom is 0.255 e. The van der Waals surface area contributed by atoms with Crippen molar-refractivity contribution in [1.29, 1.82) is 0 Å². The lowest BCUT2D eigenvalue weighted by atomic mass is 9.77. The molecule has 1 saturated carbocycles. The van der Waals surface area contributed by atoms with Gasteiger partial charge < -0.3 is 29.5 Å². The van der Waals surface area contributed by atoms with Gasteiger partial charge in [-0.15, -0.1) is 5.16 Å². The zero-order chi connectivity index (χ0) is 34.8. The van der Waals surface area contributed by atoms with E-state index < -0.39 is 51.5 Å². The third kappa shape index (κ3) is 7.89. The van der Waals surface area contributed by atoms with Crippen molar-refractivity contribution in [3.05, 3.63) is 99.0 Å². The maximum atomic E-state index is 14.4. The number of hydrogen-bond acceptors (Lipinski definition) is 9. The van der Waals surface area contributed by atoms with Crippen LogP contribution in [-0.2, 0) is 26.3 Å². The van der Waals surface area contributed by atoms with Crippen LogP contribution in [0.2, 0.25) is 10.0 Å².